The van der Waals surface area contributed by atoms with Gasteiger partial charge in [0, 0.05) is 25.8 Å². The summed E-state index contributed by atoms with van der Waals surface area (Å²) in [6, 6.07) is 5.95. The highest BCUT2D eigenvalue weighted by atomic mass is 19.4. The van der Waals surface area contributed by atoms with Gasteiger partial charge in [-0.15, -0.1) is 23.4 Å². The Bertz CT molecular complexity index is 862. The fourth-order valence-electron chi connectivity index (χ4n) is 2.98. The van der Waals surface area contributed by atoms with Crippen LogP contribution < -0.4 is 15.4 Å². The van der Waals surface area contributed by atoms with Crippen LogP contribution in [0.1, 0.15) is 30.1 Å². The molecule has 30 heavy (non-hydrogen) atoms. The molecule has 1 aliphatic rings. The Labute approximate surface area is 172 Å². The first-order valence-electron chi connectivity index (χ1n) is 9.64. The number of hydrogen-bond donors (Lipinski definition) is 2. The Morgan fingerprint density at radius 1 is 1.30 bits per heavy atom. The van der Waals surface area contributed by atoms with Gasteiger partial charge in [0.05, 0.1) is 19.2 Å². The van der Waals surface area contributed by atoms with Crippen molar-refractivity contribution >= 4 is 5.96 Å². The van der Waals surface area contributed by atoms with Crippen molar-refractivity contribution in [2.75, 3.05) is 13.2 Å². The lowest BCUT2D eigenvalue weighted by Crippen LogP contribution is -2.41. The van der Waals surface area contributed by atoms with E-state index in [0.29, 0.717) is 30.4 Å². The first-order valence-corrected chi connectivity index (χ1v) is 9.64. The maximum absolute atomic E-state index is 12.7. The largest absolute Gasteiger partial charge is 0.573 e. The Morgan fingerprint density at radius 3 is 2.77 bits per heavy atom. The molecule has 3 rings (SSSR count). The number of benzene rings is 1. The molecule has 1 aromatic carbocycles. The Morgan fingerprint density at radius 2 is 2.10 bits per heavy atom. The predicted molar refractivity (Wildman–Crippen MR) is 104 cm³/mol. The average molecular weight is 426 g/mol. The summed E-state index contributed by atoms with van der Waals surface area (Å²) in [5, 5.41) is 14.4. The molecule has 0 saturated carbocycles. The predicted octanol–water partition coefficient (Wildman–Crippen LogP) is 2.44. The second-order valence-electron chi connectivity index (χ2n) is 6.91. The second kappa shape index (κ2) is 9.79. The van der Waals surface area contributed by atoms with Crippen LogP contribution in [0.4, 0.5) is 13.2 Å². The normalized spacial score (nSPS) is 17.2. The smallest absolute Gasteiger partial charge is 0.405 e. The quantitative estimate of drug-likeness (QED) is 0.523. The second-order valence-corrected chi connectivity index (χ2v) is 6.91. The third-order valence-corrected chi connectivity index (χ3v) is 4.72. The molecule has 8 nitrogen and oxygen atoms in total. The number of aliphatic imine (C=N–C) groups is 1. The molecule has 1 saturated heterocycles. The van der Waals surface area contributed by atoms with Crippen LogP contribution in [0, 0.1) is 6.92 Å². The Kier molecular flexibility index (Phi) is 7.14. The van der Waals surface area contributed by atoms with Gasteiger partial charge in [0.1, 0.15) is 11.6 Å². The maximum atomic E-state index is 12.7. The van der Waals surface area contributed by atoms with E-state index >= 15 is 0 Å². The van der Waals surface area contributed by atoms with E-state index in [4.69, 9.17) is 4.74 Å². The number of halogens is 3. The summed E-state index contributed by atoms with van der Waals surface area (Å²) in [6.45, 7) is 3.48. The Balaban J connectivity index is 1.70. The average Bonchev–Trinajstić information content (AvgIpc) is 3.32. The molecule has 11 heteroatoms. The zero-order valence-corrected chi connectivity index (χ0v) is 16.9. The van der Waals surface area contributed by atoms with E-state index in [2.05, 4.69) is 30.6 Å². The van der Waals surface area contributed by atoms with Gasteiger partial charge in [0.2, 0.25) is 0 Å². The van der Waals surface area contributed by atoms with E-state index in [0.717, 1.165) is 25.3 Å². The number of aromatic nitrogens is 3. The monoisotopic (exact) mass is 426 g/mol. The SMILES string of the molecule is Cc1nnc(CNC(=NCc2ccccc2OC(F)(F)F)NCC2CCCO2)n1C. The molecule has 2 aromatic rings. The molecule has 2 heterocycles. The van der Waals surface area contributed by atoms with E-state index in [1.807, 2.05) is 18.5 Å². The van der Waals surface area contributed by atoms with E-state index in [9.17, 15) is 13.2 Å². The molecule has 0 amide bonds. The first kappa shape index (κ1) is 21.9. The molecule has 164 valence electrons. The van der Waals surface area contributed by atoms with Gasteiger partial charge >= 0.3 is 6.36 Å². The van der Waals surface area contributed by atoms with Crippen molar-refractivity contribution in [3.8, 4) is 5.75 Å². The number of para-hydroxylation sites is 1. The topological polar surface area (TPSA) is 85.6 Å². The molecule has 0 spiro atoms. The minimum Gasteiger partial charge on any atom is -0.405 e. The summed E-state index contributed by atoms with van der Waals surface area (Å²) in [6.07, 6.45) is -2.73. The minimum absolute atomic E-state index is 0.00491. The van der Waals surface area contributed by atoms with Gasteiger partial charge in [-0.3, -0.25) is 0 Å². The van der Waals surface area contributed by atoms with Gasteiger partial charge in [0.15, 0.2) is 11.8 Å². The molecule has 1 fully saturated rings. The van der Waals surface area contributed by atoms with E-state index < -0.39 is 6.36 Å². The lowest BCUT2D eigenvalue weighted by Gasteiger charge is -2.16. The number of nitrogens with zero attached hydrogens (tertiary/aromatic N) is 4. The minimum atomic E-state index is -4.76. The number of alkyl halides is 3. The molecule has 1 unspecified atom stereocenters. The third kappa shape index (κ3) is 6.34. The number of hydrogen-bond acceptors (Lipinski definition) is 5. The van der Waals surface area contributed by atoms with Crippen LogP contribution in [0.5, 0.6) is 5.75 Å². The van der Waals surface area contributed by atoms with Crippen LogP contribution in [-0.4, -0.2) is 46.3 Å². The van der Waals surface area contributed by atoms with Gasteiger partial charge < -0.3 is 24.7 Å². The summed E-state index contributed by atoms with van der Waals surface area (Å²) in [4.78, 5) is 4.43. The summed E-state index contributed by atoms with van der Waals surface area (Å²) in [7, 11) is 1.85. The summed E-state index contributed by atoms with van der Waals surface area (Å²) < 4.78 is 49.5. The van der Waals surface area contributed by atoms with Gasteiger partial charge in [0.25, 0.3) is 0 Å². The van der Waals surface area contributed by atoms with E-state index in [1.165, 1.54) is 12.1 Å². The van der Waals surface area contributed by atoms with Gasteiger partial charge in [-0.1, -0.05) is 18.2 Å². The van der Waals surface area contributed by atoms with Crippen molar-refractivity contribution in [2.24, 2.45) is 12.0 Å². The van der Waals surface area contributed by atoms with Gasteiger partial charge in [-0.2, -0.15) is 0 Å². The first-order chi connectivity index (χ1) is 14.3. The highest BCUT2D eigenvalue weighted by Crippen LogP contribution is 2.26. The third-order valence-electron chi connectivity index (χ3n) is 4.72. The van der Waals surface area contributed by atoms with Crippen LogP contribution in [0.2, 0.25) is 0 Å². The highest BCUT2D eigenvalue weighted by molar-refractivity contribution is 5.79. The van der Waals surface area contributed by atoms with Crippen LogP contribution in [-0.2, 0) is 24.9 Å². The van der Waals surface area contributed by atoms with E-state index in [-0.39, 0.29) is 18.4 Å². The van der Waals surface area contributed by atoms with Crippen molar-refractivity contribution in [1.29, 1.82) is 0 Å². The number of aryl methyl sites for hydroxylation is 1. The molecule has 0 bridgehead atoms. The number of guanidine groups is 1. The van der Waals surface area contributed by atoms with Crippen molar-refractivity contribution < 1.29 is 22.6 Å². The number of nitrogens with one attached hydrogen (secondary N) is 2. The fourth-order valence-corrected chi connectivity index (χ4v) is 2.98. The van der Waals surface area contributed by atoms with Crippen molar-refractivity contribution in [3.63, 3.8) is 0 Å². The summed E-state index contributed by atoms with van der Waals surface area (Å²) >= 11 is 0. The molecule has 1 atom stereocenters. The molecule has 0 radical (unpaired) electrons. The molecule has 2 N–H and O–H groups in total. The van der Waals surface area contributed by atoms with Crippen LogP contribution in [0.3, 0.4) is 0 Å². The van der Waals surface area contributed by atoms with Crippen LogP contribution >= 0.6 is 0 Å². The highest BCUT2D eigenvalue weighted by Gasteiger charge is 2.31. The fraction of sp³-hybridized carbons (Fsp3) is 0.526. The van der Waals surface area contributed by atoms with Crippen molar-refractivity contribution in [1.82, 2.24) is 25.4 Å². The standard InChI is InChI=1S/C19H25F3N6O2/c1-13-26-27-17(28(13)2)12-25-18(24-11-15-7-5-9-29-15)23-10-14-6-3-4-8-16(14)30-19(20,21)22/h3-4,6,8,15H,5,7,9-12H2,1-2H3,(H2,23,24,25). The van der Waals surface area contributed by atoms with Gasteiger partial charge in [-0.25, -0.2) is 4.99 Å². The summed E-state index contributed by atoms with van der Waals surface area (Å²) in [5.41, 5.74) is 0.322. The molecular weight excluding hydrogens is 401 g/mol. The van der Waals surface area contributed by atoms with Crippen molar-refractivity contribution in [3.05, 3.63) is 41.5 Å². The molecule has 1 aliphatic heterocycles. The maximum Gasteiger partial charge on any atom is 0.573 e. The Hall–Kier alpha value is -2.82. The van der Waals surface area contributed by atoms with Crippen LogP contribution in [0.15, 0.2) is 29.3 Å². The van der Waals surface area contributed by atoms with Gasteiger partial charge in [-0.05, 0) is 25.8 Å². The number of ether oxygens (including phenoxy) is 2. The number of rotatable bonds is 7. The zero-order valence-electron chi connectivity index (χ0n) is 16.9. The van der Waals surface area contributed by atoms with Crippen LogP contribution in [0.25, 0.3) is 0 Å². The zero-order chi connectivity index (χ0) is 21.6. The molecule has 1 aromatic heterocycles. The molecular formula is C19H25F3N6O2. The van der Waals surface area contributed by atoms with E-state index in [1.54, 1.807) is 12.1 Å². The lowest BCUT2D eigenvalue weighted by molar-refractivity contribution is -0.274. The molecule has 0 aliphatic carbocycles. The summed E-state index contributed by atoms with van der Waals surface area (Å²) in [5.74, 6) is 1.65. The lowest BCUT2D eigenvalue weighted by atomic mass is 10.2. The van der Waals surface area contributed by atoms with Crippen molar-refractivity contribution in [2.45, 2.75) is 45.3 Å².